The number of hydrogen-bond acceptors (Lipinski definition) is 5. The van der Waals surface area contributed by atoms with Crippen LogP contribution in [0.1, 0.15) is 25.8 Å². The number of aliphatic hydroxyl groups is 1. The zero-order chi connectivity index (χ0) is 15.8. The predicted molar refractivity (Wildman–Crippen MR) is 77.4 cm³/mol. The van der Waals surface area contributed by atoms with Crippen LogP contribution in [0.25, 0.3) is 0 Å². The normalized spacial score (nSPS) is 25.2. The summed E-state index contributed by atoms with van der Waals surface area (Å²) in [7, 11) is -2.15. The SMILES string of the molecule is COC(=O)C(C(C)C)C1(O)CCS(=O)(=O)c2ccccc21. The van der Waals surface area contributed by atoms with E-state index in [-0.39, 0.29) is 23.0 Å². The number of ether oxygens (including phenoxy) is 1. The van der Waals surface area contributed by atoms with Crippen molar-refractivity contribution in [1.82, 2.24) is 0 Å². The molecular formula is C15H20O5S. The number of hydrogen-bond donors (Lipinski definition) is 1. The maximum atomic E-state index is 12.2. The van der Waals surface area contributed by atoms with Gasteiger partial charge in [-0.15, -0.1) is 0 Å². The Morgan fingerprint density at radius 2 is 1.95 bits per heavy atom. The molecule has 0 fully saturated rings. The molecule has 6 heteroatoms. The van der Waals surface area contributed by atoms with Crippen LogP contribution in [0.5, 0.6) is 0 Å². The Morgan fingerprint density at radius 1 is 1.33 bits per heavy atom. The highest BCUT2D eigenvalue weighted by Crippen LogP contribution is 2.44. The molecule has 1 aliphatic rings. The third kappa shape index (κ3) is 2.58. The van der Waals surface area contributed by atoms with Gasteiger partial charge < -0.3 is 9.84 Å². The third-order valence-corrected chi connectivity index (χ3v) is 5.84. The molecule has 0 amide bonds. The summed E-state index contributed by atoms with van der Waals surface area (Å²) >= 11 is 0. The lowest BCUT2D eigenvalue weighted by Gasteiger charge is -2.40. The number of benzene rings is 1. The minimum Gasteiger partial charge on any atom is -0.469 e. The van der Waals surface area contributed by atoms with E-state index >= 15 is 0 Å². The molecule has 0 aliphatic carbocycles. The molecule has 2 atom stereocenters. The van der Waals surface area contributed by atoms with Gasteiger partial charge in [0.25, 0.3) is 0 Å². The van der Waals surface area contributed by atoms with Gasteiger partial charge in [0.15, 0.2) is 9.84 Å². The second-order valence-electron chi connectivity index (χ2n) is 5.73. The van der Waals surface area contributed by atoms with Crippen LogP contribution in [0, 0.1) is 11.8 Å². The highest BCUT2D eigenvalue weighted by molar-refractivity contribution is 7.91. The Balaban J connectivity index is 2.65. The average molecular weight is 312 g/mol. The number of methoxy groups -OCH3 is 1. The first kappa shape index (κ1) is 16.0. The quantitative estimate of drug-likeness (QED) is 0.855. The standard InChI is InChI=1S/C15H20O5S/c1-10(2)13(14(16)20-3)15(17)8-9-21(18,19)12-7-5-4-6-11(12)15/h4-7,10,13,17H,8-9H2,1-3H3. The van der Waals surface area contributed by atoms with Gasteiger partial charge in [0.1, 0.15) is 5.60 Å². The Hall–Kier alpha value is -1.40. The molecule has 1 aliphatic heterocycles. The number of carbonyl (C=O) groups excluding carboxylic acids is 1. The van der Waals surface area contributed by atoms with E-state index in [2.05, 4.69) is 0 Å². The van der Waals surface area contributed by atoms with Gasteiger partial charge in [-0.2, -0.15) is 0 Å². The van der Waals surface area contributed by atoms with Crippen LogP contribution in [0.2, 0.25) is 0 Å². The van der Waals surface area contributed by atoms with Gasteiger partial charge in [0.2, 0.25) is 0 Å². The molecule has 0 spiro atoms. The largest absolute Gasteiger partial charge is 0.469 e. The Kier molecular flexibility index (Phi) is 4.13. The molecule has 0 saturated carbocycles. The summed E-state index contributed by atoms with van der Waals surface area (Å²) in [6, 6.07) is 6.33. The average Bonchev–Trinajstić information content (AvgIpc) is 2.44. The Bertz CT molecular complexity index is 650. The molecule has 0 bridgehead atoms. The van der Waals surface area contributed by atoms with Gasteiger partial charge in [-0.3, -0.25) is 4.79 Å². The lowest BCUT2D eigenvalue weighted by atomic mass is 9.73. The number of carbonyl (C=O) groups is 1. The van der Waals surface area contributed by atoms with Crippen LogP contribution in [0.4, 0.5) is 0 Å². The van der Waals surface area contributed by atoms with E-state index in [1.165, 1.54) is 13.2 Å². The first-order chi connectivity index (χ1) is 9.74. The topological polar surface area (TPSA) is 80.7 Å². The van der Waals surface area contributed by atoms with Gasteiger partial charge in [0, 0.05) is 5.56 Å². The van der Waals surface area contributed by atoms with Crippen molar-refractivity contribution in [1.29, 1.82) is 0 Å². The van der Waals surface area contributed by atoms with Crippen LogP contribution >= 0.6 is 0 Å². The molecule has 1 aromatic carbocycles. The first-order valence-electron chi connectivity index (χ1n) is 6.86. The summed E-state index contributed by atoms with van der Waals surface area (Å²) in [5, 5.41) is 11.1. The number of fused-ring (bicyclic) bond motifs is 1. The number of sulfone groups is 1. The minimum absolute atomic E-state index is 0.00963. The molecule has 1 heterocycles. The van der Waals surface area contributed by atoms with Crippen LogP contribution in [0.15, 0.2) is 29.2 Å². The van der Waals surface area contributed by atoms with E-state index in [0.717, 1.165) is 0 Å². The fraction of sp³-hybridized carbons (Fsp3) is 0.533. The summed E-state index contributed by atoms with van der Waals surface area (Å²) < 4.78 is 29.1. The van der Waals surface area contributed by atoms with Crippen molar-refractivity contribution < 1.29 is 23.1 Å². The summed E-state index contributed by atoms with van der Waals surface area (Å²) in [6.45, 7) is 3.62. The van der Waals surface area contributed by atoms with Crippen LogP contribution in [0.3, 0.4) is 0 Å². The van der Waals surface area contributed by atoms with Crippen molar-refractivity contribution in [2.75, 3.05) is 12.9 Å². The Labute approximate surface area is 124 Å². The molecule has 2 unspecified atom stereocenters. The van der Waals surface area contributed by atoms with Crippen molar-refractivity contribution in [2.45, 2.75) is 30.8 Å². The molecule has 116 valence electrons. The summed E-state index contributed by atoms with van der Waals surface area (Å²) in [5.74, 6) is -1.70. The van der Waals surface area contributed by atoms with Crippen molar-refractivity contribution in [2.24, 2.45) is 11.8 Å². The predicted octanol–water partition coefficient (Wildman–Crippen LogP) is 1.50. The van der Waals surface area contributed by atoms with E-state index in [0.29, 0.717) is 5.56 Å². The maximum absolute atomic E-state index is 12.2. The highest BCUT2D eigenvalue weighted by atomic mass is 32.2. The zero-order valence-electron chi connectivity index (χ0n) is 12.4. The molecule has 0 radical (unpaired) electrons. The molecule has 2 rings (SSSR count). The summed E-state index contributed by atoms with van der Waals surface area (Å²) in [4.78, 5) is 12.2. The van der Waals surface area contributed by atoms with Gasteiger partial charge in [-0.1, -0.05) is 32.0 Å². The van der Waals surface area contributed by atoms with E-state index in [1.54, 1.807) is 18.2 Å². The second kappa shape index (κ2) is 5.42. The van der Waals surface area contributed by atoms with Crippen molar-refractivity contribution in [3.8, 4) is 0 Å². The fourth-order valence-corrected chi connectivity index (χ4v) is 4.76. The molecule has 0 aromatic heterocycles. The van der Waals surface area contributed by atoms with Crippen LogP contribution < -0.4 is 0 Å². The maximum Gasteiger partial charge on any atom is 0.312 e. The highest BCUT2D eigenvalue weighted by Gasteiger charge is 2.50. The molecule has 1 aromatic rings. The lowest BCUT2D eigenvalue weighted by Crippen LogP contribution is -2.47. The monoisotopic (exact) mass is 312 g/mol. The van der Waals surface area contributed by atoms with Crippen LogP contribution in [-0.4, -0.2) is 32.4 Å². The molecule has 1 N–H and O–H groups in total. The van der Waals surface area contributed by atoms with Gasteiger partial charge in [-0.25, -0.2) is 8.42 Å². The van der Waals surface area contributed by atoms with Crippen molar-refractivity contribution >= 4 is 15.8 Å². The minimum atomic E-state index is -3.42. The summed E-state index contributed by atoms with van der Waals surface area (Å²) in [5.41, 5.74) is -1.23. The van der Waals surface area contributed by atoms with E-state index in [4.69, 9.17) is 4.74 Å². The van der Waals surface area contributed by atoms with E-state index in [9.17, 15) is 18.3 Å². The van der Waals surface area contributed by atoms with Gasteiger partial charge in [-0.05, 0) is 18.4 Å². The van der Waals surface area contributed by atoms with E-state index in [1.807, 2.05) is 13.8 Å². The fourth-order valence-electron chi connectivity index (χ4n) is 3.10. The molecular weight excluding hydrogens is 292 g/mol. The van der Waals surface area contributed by atoms with Gasteiger partial charge >= 0.3 is 5.97 Å². The van der Waals surface area contributed by atoms with Crippen molar-refractivity contribution in [3.05, 3.63) is 29.8 Å². The number of rotatable bonds is 3. The molecule has 5 nitrogen and oxygen atoms in total. The smallest absolute Gasteiger partial charge is 0.312 e. The molecule has 0 saturated heterocycles. The van der Waals surface area contributed by atoms with Crippen molar-refractivity contribution in [3.63, 3.8) is 0 Å². The van der Waals surface area contributed by atoms with Gasteiger partial charge in [0.05, 0.1) is 23.7 Å². The number of esters is 1. The third-order valence-electron chi connectivity index (χ3n) is 4.08. The van der Waals surface area contributed by atoms with Crippen LogP contribution in [-0.2, 0) is 25.0 Å². The first-order valence-corrected chi connectivity index (χ1v) is 8.51. The van der Waals surface area contributed by atoms with E-state index < -0.39 is 27.3 Å². The summed E-state index contributed by atoms with van der Waals surface area (Å²) in [6.07, 6.45) is -0.00963. The zero-order valence-corrected chi connectivity index (χ0v) is 13.2. The molecule has 21 heavy (non-hydrogen) atoms. The Morgan fingerprint density at radius 3 is 2.52 bits per heavy atom. The lowest BCUT2D eigenvalue weighted by molar-refractivity contribution is -0.161. The second-order valence-corrected chi connectivity index (χ2v) is 7.81.